The first kappa shape index (κ1) is 11.2. The summed E-state index contributed by atoms with van der Waals surface area (Å²) >= 11 is 1.72. The highest BCUT2D eigenvalue weighted by atomic mass is 32.1. The van der Waals surface area contributed by atoms with Gasteiger partial charge in [-0.2, -0.15) is 0 Å². The molecule has 0 bridgehead atoms. The minimum atomic E-state index is 0.500. The summed E-state index contributed by atoms with van der Waals surface area (Å²) in [5.74, 6) is 0. The SMILES string of the molecule is CC(C)(C)C.c1cnc2ccsc2c1. The molecule has 0 unspecified atom stereocenters. The third-order valence-electron chi connectivity index (χ3n) is 1.22. The van der Waals surface area contributed by atoms with Crippen molar-refractivity contribution < 1.29 is 0 Å². The summed E-state index contributed by atoms with van der Waals surface area (Å²) in [6.07, 6.45) is 1.81. The first-order valence-electron chi connectivity index (χ1n) is 4.75. The van der Waals surface area contributed by atoms with Crippen LogP contribution in [0.15, 0.2) is 29.8 Å². The lowest BCUT2D eigenvalue weighted by atomic mass is 10.0. The van der Waals surface area contributed by atoms with Gasteiger partial charge in [0, 0.05) is 6.20 Å². The number of fused-ring (bicyclic) bond motifs is 1. The first-order chi connectivity index (χ1) is 6.47. The molecule has 2 aromatic rings. The number of rotatable bonds is 0. The van der Waals surface area contributed by atoms with Crippen LogP contribution < -0.4 is 0 Å². The van der Waals surface area contributed by atoms with Crippen LogP contribution in [0.2, 0.25) is 0 Å². The summed E-state index contributed by atoms with van der Waals surface area (Å²) in [5, 5.41) is 2.05. The molecular weight excluding hydrogens is 190 g/mol. The maximum absolute atomic E-state index is 4.15. The molecule has 0 aliphatic rings. The van der Waals surface area contributed by atoms with Gasteiger partial charge in [-0.15, -0.1) is 11.3 Å². The Morgan fingerprint density at radius 1 is 1.14 bits per heavy atom. The maximum Gasteiger partial charge on any atom is 0.0809 e. The predicted molar refractivity (Wildman–Crippen MR) is 64.7 cm³/mol. The van der Waals surface area contributed by atoms with Crippen molar-refractivity contribution in [3.63, 3.8) is 0 Å². The predicted octanol–water partition coefficient (Wildman–Crippen LogP) is 4.35. The molecule has 2 heteroatoms. The largest absolute Gasteiger partial charge is 0.255 e. The Labute approximate surface area is 89.8 Å². The lowest BCUT2D eigenvalue weighted by Gasteiger charge is -2.05. The number of pyridine rings is 1. The molecule has 0 radical (unpaired) electrons. The minimum Gasteiger partial charge on any atom is -0.255 e. The van der Waals surface area contributed by atoms with E-state index in [2.05, 4.69) is 44.1 Å². The van der Waals surface area contributed by atoms with Crippen LogP contribution in [0.25, 0.3) is 10.2 Å². The fourth-order valence-corrected chi connectivity index (χ4v) is 1.54. The number of nitrogens with zero attached hydrogens (tertiary/aromatic N) is 1. The molecule has 1 nitrogen and oxygen atoms in total. The second-order valence-electron chi connectivity index (χ2n) is 4.81. The van der Waals surface area contributed by atoms with Crippen LogP contribution in [0.1, 0.15) is 27.7 Å². The van der Waals surface area contributed by atoms with E-state index in [0.717, 1.165) is 5.52 Å². The zero-order chi connectivity index (χ0) is 10.6. The number of thiophene rings is 1. The summed E-state index contributed by atoms with van der Waals surface area (Å²) in [6, 6.07) is 6.06. The molecule has 0 N–H and O–H groups in total. The van der Waals surface area contributed by atoms with Gasteiger partial charge in [0.2, 0.25) is 0 Å². The Hall–Kier alpha value is -0.890. The van der Waals surface area contributed by atoms with E-state index >= 15 is 0 Å². The average molecular weight is 207 g/mol. The van der Waals surface area contributed by atoms with E-state index in [9.17, 15) is 0 Å². The van der Waals surface area contributed by atoms with Crippen molar-refractivity contribution >= 4 is 21.6 Å². The molecule has 76 valence electrons. The standard InChI is InChI=1S/C7H5NS.C5H12/c1-2-7-6(8-4-1)3-5-9-7;1-5(2,3)4/h1-5H;1-4H3. The van der Waals surface area contributed by atoms with Crippen molar-refractivity contribution in [2.24, 2.45) is 5.41 Å². The first-order valence-corrected chi connectivity index (χ1v) is 5.63. The summed E-state index contributed by atoms with van der Waals surface area (Å²) in [5.41, 5.74) is 1.60. The van der Waals surface area contributed by atoms with Gasteiger partial charge < -0.3 is 0 Å². The third kappa shape index (κ3) is 4.38. The van der Waals surface area contributed by atoms with E-state index in [1.807, 2.05) is 18.3 Å². The van der Waals surface area contributed by atoms with Gasteiger partial charge in [-0.3, -0.25) is 4.98 Å². The van der Waals surface area contributed by atoms with E-state index in [1.54, 1.807) is 11.3 Å². The number of hydrogen-bond donors (Lipinski definition) is 0. The zero-order valence-electron chi connectivity index (χ0n) is 9.24. The van der Waals surface area contributed by atoms with Crippen molar-refractivity contribution in [2.45, 2.75) is 27.7 Å². The Morgan fingerprint density at radius 2 is 1.79 bits per heavy atom. The normalized spacial score (nSPS) is 10.9. The molecule has 2 heterocycles. The zero-order valence-corrected chi connectivity index (χ0v) is 10.1. The third-order valence-corrected chi connectivity index (χ3v) is 2.09. The van der Waals surface area contributed by atoms with Gasteiger partial charge in [-0.1, -0.05) is 27.7 Å². The molecule has 0 saturated heterocycles. The van der Waals surface area contributed by atoms with Gasteiger partial charge in [0.15, 0.2) is 0 Å². The highest BCUT2D eigenvalue weighted by molar-refractivity contribution is 7.17. The number of hydrogen-bond acceptors (Lipinski definition) is 2. The molecule has 0 aliphatic carbocycles. The van der Waals surface area contributed by atoms with Crippen molar-refractivity contribution in [3.8, 4) is 0 Å². The molecular formula is C12H17NS. The molecule has 0 fully saturated rings. The fraction of sp³-hybridized carbons (Fsp3) is 0.417. The van der Waals surface area contributed by atoms with Crippen LogP contribution in [0.3, 0.4) is 0 Å². The van der Waals surface area contributed by atoms with E-state index in [-0.39, 0.29) is 0 Å². The maximum atomic E-state index is 4.15. The summed E-state index contributed by atoms with van der Waals surface area (Å²) < 4.78 is 1.26. The Bertz CT molecular complexity index is 348. The van der Waals surface area contributed by atoms with Crippen LogP contribution in [-0.2, 0) is 0 Å². The molecule has 0 amide bonds. The molecule has 0 spiro atoms. The van der Waals surface area contributed by atoms with Crippen LogP contribution in [0, 0.1) is 5.41 Å². The monoisotopic (exact) mass is 207 g/mol. The Kier molecular flexibility index (Phi) is 3.64. The summed E-state index contributed by atoms with van der Waals surface area (Å²) in [7, 11) is 0. The second kappa shape index (κ2) is 4.56. The van der Waals surface area contributed by atoms with E-state index in [1.165, 1.54) is 4.70 Å². The molecule has 0 aromatic carbocycles. The topological polar surface area (TPSA) is 12.9 Å². The molecule has 0 saturated carbocycles. The highest BCUT2D eigenvalue weighted by Gasteiger charge is 1.95. The molecule has 0 aliphatic heterocycles. The summed E-state index contributed by atoms with van der Waals surface area (Å²) in [4.78, 5) is 4.15. The van der Waals surface area contributed by atoms with Crippen molar-refractivity contribution in [1.82, 2.24) is 4.98 Å². The average Bonchev–Trinajstić information content (AvgIpc) is 2.47. The van der Waals surface area contributed by atoms with Crippen LogP contribution >= 0.6 is 11.3 Å². The van der Waals surface area contributed by atoms with E-state index in [4.69, 9.17) is 0 Å². The van der Waals surface area contributed by atoms with Crippen molar-refractivity contribution in [3.05, 3.63) is 29.8 Å². The number of aromatic nitrogens is 1. The molecule has 2 aromatic heterocycles. The van der Waals surface area contributed by atoms with E-state index in [0.29, 0.717) is 5.41 Å². The Balaban J connectivity index is 0.000000171. The molecule has 2 rings (SSSR count). The van der Waals surface area contributed by atoms with Crippen molar-refractivity contribution in [2.75, 3.05) is 0 Å². The highest BCUT2D eigenvalue weighted by Crippen LogP contribution is 2.16. The lowest BCUT2D eigenvalue weighted by molar-refractivity contribution is 0.469. The van der Waals surface area contributed by atoms with Gasteiger partial charge in [-0.25, -0.2) is 0 Å². The van der Waals surface area contributed by atoms with Gasteiger partial charge in [0.05, 0.1) is 10.2 Å². The van der Waals surface area contributed by atoms with Gasteiger partial charge >= 0.3 is 0 Å². The molecule has 14 heavy (non-hydrogen) atoms. The van der Waals surface area contributed by atoms with Crippen LogP contribution in [-0.4, -0.2) is 4.98 Å². The summed E-state index contributed by atoms with van der Waals surface area (Å²) in [6.45, 7) is 8.75. The minimum absolute atomic E-state index is 0.500. The smallest absolute Gasteiger partial charge is 0.0809 e. The van der Waals surface area contributed by atoms with Crippen LogP contribution in [0.4, 0.5) is 0 Å². The second-order valence-corrected chi connectivity index (χ2v) is 5.76. The van der Waals surface area contributed by atoms with Crippen LogP contribution in [0.5, 0.6) is 0 Å². The van der Waals surface area contributed by atoms with Gasteiger partial charge in [-0.05, 0) is 29.0 Å². The van der Waals surface area contributed by atoms with E-state index < -0.39 is 0 Å². The van der Waals surface area contributed by atoms with Crippen molar-refractivity contribution in [1.29, 1.82) is 0 Å². The lowest BCUT2D eigenvalue weighted by Crippen LogP contribution is -1.93. The van der Waals surface area contributed by atoms with Gasteiger partial charge in [0.25, 0.3) is 0 Å². The molecule has 0 atom stereocenters. The fourth-order valence-electron chi connectivity index (χ4n) is 0.799. The van der Waals surface area contributed by atoms with Gasteiger partial charge in [0.1, 0.15) is 0 Å². The quantitative estimate of drug-likeness (QED) is 0.626. The Morgan fingerprint density at radius 3 is 2.36 bits per heavy atom.